The Balaban J connectivity index is 2.29. The second-order valence-electron chi connectivity index (χ2n) is 3.53. The molecule has 0 saturated heterocycles. The van der Waals surface area contributed by atoms with Crippen LogP contribution in [-0.4, -0.2) is 4.98 Å². The monoisotopic (exact) mass is 217 g/mol. The molecule has 0 bridgehead atoms. The summed E-state index contributed by atoms with van der Waals surface area (Å²) >= 11 is 5.85. The molecule has 0 aliphatic rings. The predicted octanol–water partition coefficient (Wildman–Crippen LogP) is 3.89. The van der Waals surface area contributed by atoms with Crippen molar-refractivity contribution in [3.63, 3.8) is 0 Å². The molecule has 1 nitrogen and oxygen atoms in total. The van der Waals surface area contributed by atoms with Gasteiger partial charge in [0.2, 0.25) is 0 Å². The van der Waals surface area contributed by atoms with Crippen LogP contribution in [0.3, 0.4) is 0 Å². The lowest BCUT2D eigenvalue weighted by molar-refractivity contribution is 0.871. The van der Waals surface area contributed by atoms with Gasteiger partial charge < -0.3 is 0 Å². The van der Waals surface area contributed by atoms with Crippen LogP contribution in [-0.2, 0) is 0 Å². The summed E-state index contributed by atoms with van der Waals surface area (Å²) in [6, 6.07) is 13.9. The lowest BCUT2D eigenvalue weighted by Gasteiger charge is -2.10. The van der Waals surface area contributed by atoms with Crippen molar-refractivity contribution in [2.75, 3.05) is 0 Å². The molecule has 0 spiro atoms. The van der Waals surface area contributed by atoms with Crippen LogP contribution in [0.15, 0.2) is 48.7 Å². The van der Waals surface area contributed by atoms with Gasteiger partial charge in [-0.25, -0.2) is 0 Å². The summed E-state index contributed by atoms with van der Waals surface area (Å²) in [5, 5.41) is 0.770. The van der Waals surface area contributed by atoms with Gasteiger partial charge in [0.05, 0.1) is 0 Å². The Bertz CT molecular complexity index is 422. The molecule has 76 valence electrons. The topological polar surface area (TPSA) is 12.9 Å². The average molecular weight is 218 g/mol. The van der Waals surface area contributed by atoms with Gasteiger partial charge in [-0.3, -0.25) is 4.98 Å². The molecule has 0 unspecified atom stereocenters. The molecule has 0 fully saturated rings. The lowest BCUT2D eigenvalue weighted by Crippen LogP contribution is -1.97. The van der Waals surface area contributed by atoms with Crippen molar-refractivity contribution in [2.45, 2.75) is 12.8 Å². The number of rotatable bonds is 2. The van der Waals surface area contributed by atoms with Crippen molar-refractivity contribution in [3.8, 4) is 0 Å². The molecule has 1 aromatic carbocycles. The van der Waals surface area contributed by atoms with Crippen LogP contribution in [0.2, 0.25) is 5.02 Å². The Morgan fingerprint density at radius 3 is 2.40 bits per heavy atom. The molecule has 15 heavy (non-hydrogen) atoms. The van der Waals surface area contributed by atoms with Gasteiger partial charge >= 0.3 is 0 Å². The van der Waals surface area contributed by atoms with Crippen molar-refractivity contribution in [1.82, 2.24) is 4.98 Å². The van der Waals surface area contributed by atoms with Crippen LogP contribution in [0.4, 0.5) is 0 Å². The Morgan fingerprint density at radius 1 is 1.07 bits per heavy atom. The summed E-state index contributed by atoms with van der Waals surface area (Å²) in [6.07, 6.45) is 1.82. The molecule has 0 N–H and O–H groups in total. The molecule has 1 atom stereocenters. The fourth-order valence-corrected chi connectivity index (χ4v) is 1.68. The van der Waals surface area contributed by atoms with Crippen molar-refractivity contribution < 1.29 is 0 Å². The summed E-state index contributed by atoms with van der Waals surface area (Å²) in [7, 11) is 0. The van der Waals surface area contributed by atoms with Gasteiger partial charge in [-0.1, -0.05) is 36.7 Å². The zero-order chi connectivity index (χ0) is 10.7. The molecule has 0 aliphatic heterocycles. The second-order valence-corrected chi connectivity index (χ2v) is 3.96. The smallest absolute Gasteiger partial charge is 0.0475 e. The third kappa shape index (κ3) is 2.37. The molecular formula is C13H12ClN. The number of halogens is 1. The van der Waals surface area contributed by atoms with E-state index in [9.17, 15) is 0 Å². The molecular weight excluding hydrogens is 206 g/mol. The average Bonchev–Trinajstić information content (AvgIpc) is 2.30. The van der Waals surface area contributed by atoms with Gasteiger partial charge in [0, 0.05) is 22.8 Å². The maximum atomic E-state index is 5.85. The van der Waals surface area contributed by atoms with Crippen LogP contribution in [0.5, 0.6) is 0 Å². The van der Waals surface area contributed by atoms with Crippen molar-refractivity contribution >= 4 is 11.6 Å². The molecule has 0 radical (unpaired) electrons. The van der Waals surface area contributed by atoms with Crippen molar-refractivity contribution in [3.05, 3.63) is 64.9 Å². The second kappa shape index (κ2) is 4.45. The molecule has 1 heterocycles. The zero-order valence-corrected chi connectivity index (χ0v) is 9.28. The van der Waals surface area contributed by atoms with E-state index in [0.29, 0.717) is 5.92 Å². The maximum absolute atomic E-state index is 5.85. The normalized spacial score (nSPS) is 12.4. The van der Waals surface area contributed by atoms with E-state index < -0.39 is 0 Å². The molecule has 2 aromatic rings. The van der Waals surface area contributed by atoms with Gasteiger partial charge in [-0.2, -0.15) is 0 Å². The first kappa shape index (κ1) is 10.2. The van der Waals surface area contributed by atoms with E-state index in [1.165, 1.54) is 5.56 Å². The van der Waals surface area contributed by atoms with E-state index in [-0.39, 0.29) is 0 Å². The van der Waals surface area contributed by atoms with Gasteiger partial charge in [0.1, 0.15) is 0 Å². The van der Waals surface area contributed by atoms with Gasteiger partial charge in [0.25, 0.3) is 0 Å². The van der Waals surface area contributed by atoms with E-state index in [4.69, 9.17) is 11.6 Å². The van der Waals surface area contributed by atoms with Crippen LogP contribution in [0.25, 0.3) is 0 Å². The fraction of sp³-hybridized carbons (Fsp3) is 0.154. The summed E-state index contributed by atoms with van der Waals surface area (Å²) in [4.78, 5) is 4.34. The summed E-state index contributed by atoms with van der Waals surface area (Å²) in [6.45, 7) is 2.14. The lowest BCUT2D eigenvalue weighted by atomic mass is 9.97. The minimum Gasteiger partial charge on any atom is -0.261 e. The van der Waals surface area contributed by atoms with Crippen LogP contribution >= 0.6 is 11.6 Å². The first-order valence-electron chi connectivity index (χ1n) is 4.94. The first-order valence-corrected chi connectivity index (χ1v) is 5.31. The number of pyridine rings is 1. The quantitative estimate of drug-likeness (QED) is 0.744. The minimum absolute atomic E-state index is 0.309. The Morgan fingerprint density at radius 2 is 1.80 bits per heavy atom. The number of benzene rings is 1. The standard InChI is InChI=1S/C13H12ClN/c1-10(13-4-2-3-9-15-13)11-5-7-12(14)8-6-11/h2-10H,1H3/t10-/m1/s1. The van der Waals surface area contributed by atoms with Gasteiger partial charge in [-0.05, 0) is 29.8 Å². The number of hydrogen-bond donors (Lipinski definition) is 0. The largest absolute Gasteiger partial charge is 0.261 e. The molecule has 2 rings (SSSR count). The minimum atomic E-state index is 0.309. The Labute approximate surface area is 94.7 Å². The number of hydrogen-bond acceptors (Lipinski definition) is 1. The SMILES string of the molecule is C[C@H](c1ccc(Cl)cc1)c1ccccn1. The van der Waals surface area contributed by atoms with Crippen molar-refractivity contribution in [1.29, 1.82) is 0 Å². The maximum Gasteiger partial charge on any atom is 0.0475 e. The first-order chi connectivity index (χ1) is 7.27. The highest BCUT2D eigenvalue weighted by Gasteiger charge is 2.08. The number of nitrogens with zero attached hydrogens (tertiary/aromatic N) is 1. The third-order valence-corrected chi connectivity index (χ3v) is 2.75. The van der Waals surface area contributed by atoms with E-state index in [0.717, 1.165) is 10.7 Å². The van der Waals surface area contributed by atoms with Gasteiger partial charge in [0.15, 0.2) is 0 Å². The van der Waals surface area contributed by atoms with E-state index in [1.54, 1.807) is 0 Å². The Hall–Kier alpha value is -1.34. The van der Waals surface area contributed by atoms with Crippen LogP contribution in [0, 0.1) is 0 Å². The highest BCUT2D eigenvalue weighted by Crippen LogP contribution is 2.23. The predicted molar refractivity (Wildman–Crippen MR) is 63.2 cm³/mol. The highest BCUT2D eigenvalue weighted by molar-refractivity contribution is 6.30. The van der Waals surface area contributed by atoms with E-state index in [1.807, 2.05) is 48.7 Å². The zero-order valence-electron chi connectivity index (χ0n) is 8.52. The summed E-state index contributed by atoms with van der Waals surface area (Å²) < 4.78 is 0. The summed E-state index contributed by atoms with van der Waals surface area (Å²) in [5.74, 6) is 0.309. The van der Waals surface area contributed by atoms with Crippen LogP contribution < -0.4 is 0 Å². The molecule has 2 heteroatoms. The van der Waals surface area contributed by atoms with E-state index in [2.05, 4.69) is 11.9 Å². The summed E-state index contributed by atoms with van der Waals surface area (Å²) in [5.41, 5.74) is 2.32. The third-order valence-electron chi connectivity index (χ3n) is 2.50. The van der Waals surface area contributed by atoms with Crippen LogP contribution in [0.1, 0.15) is 24.1 Å². The molecule has 0 amide bonds. The Kier molecular flexibility index (Phi) is 3.02. The van der Waals surface area contributed by atoms with E-state index >= 15 is 0 Å². The molecule has 0 aliphatic carbocycles. The van der Waals surface area contributed by atoms with Gasteiger partial charge in [-0.15, -0.1) is 0 Å². The number of aromatic nitrogens is 1. The molecule has 1 aromatic heterocycles. The van der Waals surface area contributed by atoms with Crippen molar-refractivity contribution in [2.24, 2.45) is 0 Å². The fourth-order valence-electron chi connectivity index (χ4n) is 1.55. The molecule has 0 saturated carbocycles. The highest BCUT2D eigenvalue weighted by atomic mass is 35.5.